The van der Waals surface area contributed by atoms with E-state index in [1.165, 1.54) is 0 Å². The van der Waals surface area contributed by atoms with Gasteiger partial charge < -0.3 is 5.73 Å². The van der Waals surface area contributed by atoms with Crippen molar-refractivity contribution in [1.82, 2.24) is 4.90 Å². The third-order valence-electron chi connectivity index (χ3n) is 3.18. The van der Waals surface area contributed by atoms with Crippen LogP contribution in [0.25, 0.3) is 0 Å². The summed E-state index contributed by atoms with van der Waals surface area (Å²) in [5.41, 5.74) is 5.45. The predicted molar refractivity (Wildman–Crippen MR) is 58.0 cm³/mol. The van der Waals surface area contributed by atoms with Crippen LogP contribution in [0.1, 0.15) is 20.3 Å². The first kappa shape index (κ1) is 11.9. The highest BCUT2D eigenvalue weighted by molar-refractivity contribution is 7.91. The fourth-order valence-corrected chi connectivity index (χ4v) is 4.43. The first-order valence-corrected chi connectivity index (χ1v) is 6.97. The lowest BCUT2D eigenvalue weighted by molar-refractivity contribution is 0.131. The van der Waals surface area contributed by atoms with Crippen LogP contribution in [-0.2, 0) is 9.84 Å². The van der Waals surface area contributed by atoms with Crippen LogP contribution in [0.5, 0.6) is 0 Å². The molecule has 5 heteroatoms. The maximum Gasteiger partial charge on any atom is 0.152 e. The third kappa shape index (κ3) is 2.10. The number of nitrogens with zero attached hydrogens (tertiary/aromatic N) is 1. The van der Waals surface area contributed by atoms with E-state index in [0.717, 1.165) is 13.1 Å². The van der Waals surface area contributed by atoms with Crippen molar-refractivity contribution < 1.29 is 8.42 Å². The van der Waals surface area contributed by atoms with Crippen LogP contribution in [0.4, 0.5) is 0 Å². The van der Waals surface area contributed by atoms with Gasteiger partial charge in [-0.1, -0.05) is 13.8 Å². The third-order valence-corrected chi connectivity index (χ3v) is 4.98. The fraction of sp³-hybridized carbons (Fsp3) is 1.00. The Balaban J connectivity index is 2.89. The van der Waals surface area contributed by atoms with E-state index < -0.39 is 9.84 Å². The molecule has 1 unspecified atom stereocenters. The molecule has 1 aliphatic heterocycles. The lowest BCUT2D eigenvalue weighted by Gasteiger charge is -2.38. The molecule has 1 atom stereocenters. The van der Waals surface area contributed by atoms with E-state index >= 15 is 0 Å². The standard InChI is InChI=1S/C9H20N2O2S/c1-3-11(4-2)9(7-10)5-6-14(12,13)8-9/h3-8,10H2,1-2H3. The van der Waals surface area contributed by atoms with Crippen molar-refractivity contribution in [3.05, 3.63) is 0 Å². The Morgan fingerprint density at radius 2 is 1.93 bits per heavy atom. The molecule has 0 bridgehead atoms. The quantitative estimate of drug-likeness (QED) is 0.715. The molecule has 0 spiro atoms. The zero-order valence-electron chi connectivity index (χ0n) is 8.99. The molecule has 0 aliphatic carbocycles. The van der Waals surface area contributed by atoms with E-state index in [2.05, 4.69) is 4.90 Å². The van der Waals surface area contributed by atoms with Crippen LogP contribution in [-0.4, -0.2) is 50.0 Å². The summed E-state index contributed by atoms with van der Waals surface area (Å²) in [6.07, 6.45) is 0.688. The van der Waals surface area contributed by atoms with Crippen molar-refractivity contribution in [2.24, 2.45) is 5.73 Å². The monoisotopic (exact) mass is 220 g/mol. The molecule has 0 aromatic rings. The molecule has 1 heterocycles. The Morgan fingerprint density at radius 1 is 1.36 bits per heavy atom. The molecule has 1 saturated heterocycles. The van der Waals surface area contributed by atoms with Gasteiger partial charge in [0.1, 0.15) is 0 Å². The summed E-state index contributed by atoms with van der Waals surface area (Å²) in [6, 6.07) is 0. The van der Waals surface area contributed by atoms with Gasteiger partial charge in [-0.05, 0) is 19.5 Å². The largest absolute Gasteiger partial charge is 0.329 e. The smallest absolute Gasteiger partial charge is 0.152 e. The summed E-state index contributed by atoms with van der Waals surface area (Å²) in [6.45, 7) is 6.26. The summed E-state index contributed by atoms with van der Waals surface area (Å²) < 4.78 is 22.9. The highest BCUT2D eigenvalue weighted by Gasteiger charge is 2.44. The first-order valence-electron chi connectivity index (χ1n) is 5.15. The predicted octanol–water partition coefficient (Wildman–Crippen LogP) is -0.156. The normalized spacial score (nSPS) is 31.1. The molecule has 0 radical (unpaired) electrons. The van der Waals surface area contributed by atoms with Crippen molar-refractivity contribution in [3.8, 4) is 0 Å². The van der Waals surface area contributed by atoms with Gasteiger partial charge in [0.15, 0.2) is 9.84 Å². The van der Waals surface area contributed by atoms with Crippen molar-refractivity contribution in [2.45, 2.75) is 25.8 Å². The lowest BCUT2D eigenvalue weighted by Crippen LogP contribution is -2.54. The van der Waals surface area contributed by atoms with Crippen LogP contribution in [0.3, 0.4) is 0 Å². The van der Waals surface area contributed by atoms with Crippen molar-refractivity contribution >= 4 is 9.84 Å². The van der Waals surface area contributed by atoms with E-state index in [9.17, 15) is 8.42 Å². The SMILES string of the molecule is CCN(CC)C1(CN)CCS(=O)(=O)C1. The summed E-state index contributed by atoms with van der Waals surface area (Å²) in [5, 5.41) is 0. The van der Waals surface area contributed by atoms with Crippen molar-refractivity contribution in [1.29, 1.82) is 0 Å². The highest BCUT2D eigenvalue weighted by Crippen LogP contribution is 2.28. The number of hydrogen-bond donors (Lipinski definition) is 1. The fourth-order valence-electron chi connectivity index (χ4n) is 2.33. The molecule has 0 aromatic carbocycles. The van der Waals surface area contributed by atoms with Gasteiger partial charge in [0.05, 0.1) is 11.5 Å². The molecule has 14 heavy (non-hydrogen) atoms. The van der Waals surface area contributed by atoms with Crippen LogP contribution >= 0.6 is 0 Å². The molecule has 1 fully saturated rings. The van der Waals surface area contributed by atoms with Gasteiger partial charge in [-0.25, -0.2) is 8.42 Å². The van der Waals surface area contributed by atoms with Crippen LogP contribution in [0.15, 0.2) is 0 Å². The van der Waals surface area contributed by atoms with Gasteiger partial charge >= 0.3 is 0 Å². The van der Waals surface area contributed by atoms with Crippen LogP contribution < -0.4 is 5.73 Å². The highest BCUT2D eigenvalue weighted by atomic mass is 32.2. The van der Waals surface area contributed by atoms with Gasteiger partial charge in [0.2, 0.25) is 0 Å². The number of sulfone groups is 1. The molecule has 84 valence electrons. The summed E-state index contributed by atoms with van der Waals surface area (Å²) in [7, 11) is -2.85. The van der Waals surface area contributed by atoms with E-state index in [1.54, 1.807) is 0 Å². The maximum atomic E-state index is 11.5. The number of rotatable bonds is 4. The number of nitrogens with two attached hydrogens (primary N) is 1. The van der Waals surface area contributed by atoms with Gasteiger partial charge in [0.25, 0.3) is 0 Å². The molecule has 4 nitrogen and oxygen atoms in total. The topological polar surface area (TPSA) is 63.4 Å². The minimum atomic E-state index is -2.85. The van der Waals surface area contributed by atoms with Crippen molar-refractivity contribution in [2.75, 3.05) is 31.1 Å². The van der Waals surface area contributed by atoms with E-state index in [-0.39, 0.29) is 11.3 Å². The molecule has 2 N–H and O–H groups in total. The Labute approximate surface area is 86.4 Å². The summed E-state index contributed by atoms with van der Waals surface area (Å²) in [4.78, 5) is 2.18. The lowest BCUT2D eigenvalue weighted by atomic mass is 9.96. The molecular formula is C9H20N2O2S. The van der Waals surface area contributed by atoms with Gasteiger partial charge in [0, 0.05) is 12.1 Å². The first-order chi connectivity index (χ1) is 6.49. The van der Waals surface area contributed by atoms with E-state index in [0.29, 0.717) is 18.7 Å². The second-order valence-corrected chi connectivity index (χ2v) is 6.13. The Morgan fingerprint density at radius 3 is 2.21 bits per heavy atom. The molecule has 0 amide bonds. The van der Waals surface area contributed by atoms with Crippen LogP contribution in [0, 0.1) is 0 Å². The molecule has 0 aromatic heterocycles. The average Bonchev–Trinajstić information content (AvgIpc) is 2.45. The average molecular weight is 220 g/mol. The molecule has 1 rings (SSSR count). The second kappa shape index (κ2) is 4.16. The zero-order valence-corrected chi connectivity index (χ0v) is 9.81. The van der Waals surface area contributed by atoms with Gasteiger partial charge in [-0.3, -0.25) is 4.90 Å². The van der Waals surface area contributed by atoms with Gasteiger partial charge in [-0.2, -0.15) is 0 Å². The minimum Gasteiger partial charge on any atom is -0.329 e. The number of hydrogen-bond acceptors (Lipinski definition) is 4. The van der Waals surface area contributed by atoms with Crippen molar-refractivity contribution in [3.63, 3.8) is 0 Å². The minimum absolute atomic E-state index is 0.234. The Kier molecular flexibility index (Phi) is 3.55. The Hall–Kier alpha value is -0.130. The maximum absolute atomic E-state index is 11.5. The summed E-state index contributed by atoms with van der Waals surface area (Å²) >= 11 is 0. The van der Waals surface area contributed by atoms with Crippen LogP contribution in [0.2, 0.25) is 0 Å². The molecular weight excluding hydrogens is 200 g/mol. The van der Waals surface area contributed by atoms with E-state index in [1.807, 2.05) is 13.8 Å². The zero-order chi connectivity index (χ0) is 10.8. The summed E-state index contributed by atoms with van der Waals surface area (Å²) in [5.74, 6) is 0.527. The second-order valence-electron chi connectivity index (χ2n) is 3.94. The van der Waals surface area contributed by atoms with Gasteiger partial charge in [-0.15, -0.1) is 0 Å². The molecule has 1 aliphatic rings. The molecule has 0 saturated carbocycles. The Bertz CT molecular complexity index is 285. The number of likely N-dealkylation sites (N-methyl/N-ethyl adjacent to an activating group) is 1. The van der Waals surface area contributed by atoms with E-state index in [4.69, 9.17) is 5.73 Å².